The van der Waals surface area contributed by atoms with Gasteiger partial charge in [-0.15, -0.1) is 12.4 Å². The fourth-order valence-corrected chi connectivity index (χ4v) is 3.30. The number of aryl methyl sites for hydroxylation is 1. The third kappa shape index (κ3) is 4.71. The molecule has 6 heteroatoms. The highest BCUT2D eigenvalue weighted by Crippen LogP contribution is 2.32. The fourth-order valence-electron chi connectivity index (χ4n) is 3.30. The van der Waals surface area contributed by atoms with Gasteiger partial charge in [0.2, 0.25) is 11.8 Å². The van der Waals surface area contributed by atoms with E-state index in [1.165, 1.54) is 4.90 Å². The molecule has 2 amide bonds. The van der Waals surface area contributed by atoms with E-state index in [1.54, 1.807) is 7.05 Å². The van der Waals surface area contributed by atoms with E-state index >= 15 is 0 Å². The zero-order valence-corrected chi connectivity index (χ0v) is 15.5. The van der Waals surface area contributed by atoms with Gasteiger partial charge in [-0.05, 0) is 56.3 Å². The predicted octanol–water partition coefficient (Wildman–Crippen LogP) is 2.50. The van der Waals surface area contributed by atoms with E-state index in [1.807, 2.05) is 32.0 Å². The van der Waals surface area contributed by atoms with Crippen LogP contribution in [-0.2, 0) is 9.59 Å². The Balaban J connectivity index is 0.00000288. The molecule has 2 atom stereocenters. The molecular formula is C18H28ClN3O2. The first-order chi connectivity index (χ1) is 10.9. The number of nitrogens with two attached hydrogens (primary N) is 1. The number of amides is 2. The maximum Gasteiger partial charge on any atom is 0.243 e. The van der Waals surface area contributed by atoms with Crippen molar-refractivity contribution < 1.29 is 9.59 Å². The number of nitrogens with zero attached hydrogens (tertiary/aromatic N) is 1. The van der Waals surface area contributed by atoms with Crippen molar-refractivity contribution in [3.8, 4) is 0 Å². The topological polar surface area (TPSA) is 75.4 Å². The average Bonchev–Trinajstić information content (AvgIpc) is 2.99. The van der Waals surface area contributed by atoms with Gasteiger partial charge in [0, 0.05) is 18.7 Å². The van der Waals surface area contributed by atoms with Crippen LogP contribution in [0.2, 0.25) is 0 Å². The van der Waals surface area contributed by atoms with Crippen LogP contribution in [-0.4, -0.2) is 36.9 Å². The molecule has 0 spiro atoms. The molecular weight excluding hydrogens is 326 g/mol. The Bertz CT molecular complexity index is 592. The first kappa shape index (κ1) is 20.5. The second kappa shape index (κ2) is 9.04. The largest absolute Gasteiger partial charge is 0.336 e. The standard InChI is InChI=1S/C18H27N3O2.ClH/c1-12-6-4-9-16(13(12)2)20-17(22)11-21(3)18(23)15-8-5-7-14(15)10-19;/h4,6,9,14-15H,5,7-8,10-11,19H2,1-3H3,(H,20,22);1H/t14-,15-;/m1./s1. The number of hydrogen-bond donors (Lipinski definition) is 2. The quantitative estimate of drug-likeness (QED) is 0.853. The highest BCUT2D eigenvalue weighted by atomic mass is 35.5. The summed E-state index contributed by atoms with van der Waals surface area (Å²) >= 11 is 0. The Morgan fingerprint density at radius 2 is 2.00 bits per heavy atom. The first-order valence-electron chi connectivity index (χ1n) is 8.25. The summed E-state index contributed by atoms with van der Waals surface area (Å²) in [5.41, 5.74) is 8.73. The van der Waals surface area contributed by atoms with Crippen molar-refractivity contribution in [2.45, 2.75) is 33.1 Å². The van der Waals surface area contributed by atoms with Crippen molar-refractivity contribution >= 4 is 29.9 Å². The van der Waals surface area contributed by atoms with Crippen LogP contribution < -0.4 is 11.1 Å². The van der Waals surface area contributed by atoms with E-state index in [9.17, 15) is 9.59 Å². The normalized spacial score (nSPS) is 19.5. The molecule has 24 heavy (non-hydrogen) atoms. The number of halogens is 1. The number of hydrogen-bond acceptors (Lipinski definition) is 3. The maximum atomic E-state index is 12.5. The van der Waals surface area contributed by atoms with Gasteiger partial charge in [-0.1, -0.05) is 18.6 Å². The summed E-state index contributed by atoms with van der Waals surface area (Å²) in [5.74, 6) is 0.0939. The van der Waals surface area contributed by atoms with Gasteiger partial charge in [0.25, 0.3) is 0 Å². The molecule has 1 saturated carbocycles. The Morgan fingerprint density at radius 3 is 2.67 bits per heavy atom. The molecule has 0 aromatic heterocycles. The van der Waals surface area contributed by atoms with E-state index in [0.29, 0.717) is 6.54 Å². The summed E-state index contributed by atoms with van der Waals surface area (Å²) in [5, 5.41) is 2.90. The number of anilines is 1. The molecule has 1 aromatic rings. The third-order valence-electron chi connectivity index (χ3n) is 4.91. The number of nitrogens with one attached hydrogen (secondary N) is 1. The van der Waals surface area contributed by atoms with Crippen molar-refractivity contribution in [3.05, 3.63) is 29.3 Å². The van der Waals surface area contributed by atoms with E-state index in [0.717, 1.165) is 36.1 Å². The van der Waals surface area contributed by atoms with Gasteiger partial charge in [0.05, 0.1) is 6.54 Å². The zero-order chi connectivity index (χ0) is 17.0. The van der Waals surface area contributed by atoms with Crippen molar-refractivity contribution in [1.29, 1.82) is 0 Å². The number of carbonyl (C=O) groups excluding carboxylic acids is 2. The third-order valence-corrected chi connectivity index (χ3v) is 4.91. The van der Waals surface area contributed by atoms with Gasteiger partial charge in [-0.3, -0.25) is 9.59 Å². The predicted molar refractivity (Wildman–Crippen MR) is 99.3 cm³/mol. The molecule has 1 aliphatic carbocycles. The molecule has 3 N–H and O–H groups in total. The molecule has 2 rings (SSSR count). The van der Waals surface area contributed by atoms with Crippen LogP contribution in [0.4, 0.5) is 5.69 Å². The molecule has 0 saturated heterocycles. The highest BCUT2D eigenvalue weighted by Gasteiger charge is 2.34. The van der Waals surface area contributed by atoms with Gasteiger partial charge in [0.15, 0.2) is 0 Å². The second-order valence-electron chi connectivity index (χ2n) is 6.52. The lowest BCUT2D eigenvalue weighted by atomic mass is 9.95. The van der Waals surface area contributed by atoms with Crippen LogP contribution >= 0.6 is 12.4 Å². The van der Waals surface area contributed by atoms with Gasteiger partial charge in [0.1, 0.15) is 0 Å². The smallest absolute Gasteiger partial charge is 0.243 e. The zero-order valence-electron chi connectivity index (χ0n) is 14.7. The van der Waals surface area contributed by atoms with Crippen LogP contribution in [0.1, 0.15) is 30.4 Å². The number of benzene rings is 1. The van der Waals surface area contributed by atoms with Gasteiger partial charge >= 0.3 is 0 Å². The first-order valence-corrected chi connectivity index (χ1v) is 8.25. The minimum Gasteiger partial charge on any atom is -0.336 e. The van der Waals surface area contributed by atoms with E-state index in [-0.39, 0.29) is 42.6 Å². The molecule has 1 aromatic carbocycles. The molecule has 0 aliphatic heterocycles. The summed E-state index contributed by atoms with van der Waals surface area (Å²) in [6.07, 6.45) is 2.93. The molecule has 5 nitrogen and oxygen atoms in total. The van der Waals surface area contributed by atoms with Crippen molar-refractivity contribution in [2.24, 2.45) is 17.6 Å². The lowest BCUT2D eigenvalue weighted by Gasteiger charge is -2.24. The highest BCUT2D eigenvalue weighted by molar-refractivity contribution is 5.95. The fraction of sp³-hybridized carbons (Fsp3) is 0.556. The molecule has 0 radical (unpaired) electrons. The van der Waals surface area contributed by atoms with E-state index in [2.05, 4.69) is 5.32 Å². The van der Waals surface area contributed by atoms with Crippen LogP contribution in [0, 0.1) is 25.7 Å². The van der Waals surface area contributed by atoms with Crippen molar-refractivity contribution in [2.75, 3.05) is 25.5 Å². The summed E-state index contributed by atoms with van der Waals surface area (Å²) in [6.45, 7) is 4.59. The molecule has 1 aliphatic rings. The van der Waals surface area contributed by atoms with Gasteiger partial charge in [-0.2, -0.15) is 0 Å². The summed E-state index contributed by atoms with van der Waals surface area (Å²) in [6, 6.07) is 5.80. The SMILES string of the molecule is Cc1cccc(NC(=O)CN(C)C(=O)[C@@H]2CCC[C@@H]2CN)c1C.Cl. The second-order valence-corrected chi connectivity index (χ2v) is 6.52. The Hall–Kier alpha value is -1.59. The number of carbonyl (C=O) groups is 2. The Morgan fingerprint density at radius 1 is 1.29 bits per heavy atom. The van der Waals surface area contributed by atoms with Crippen LogP contribution in [0.15, 0.2) is 18.2 Å². The average molecular weight is 354 g/mol. The number of likely N-dealkylation sites (N-methyl/N-ethyl adjacent to an activating group) is 1. The van der Waals surface area contributed by atoms with Crippen molar-refractivity contribution in [3.63, 3.8) is 0 Å². The summed E-state index contributed by atoms with van der Waals surface area (Å²) in [7, 11) is 1.69. The molecule has 134 valence electrons. The summed E-state index contributed by atoms with van der Waals surface area (Å²) in [4.78, 5) is 26.3. The minimum absolute atomic E-state index is 0. The summed E-state index contributed by atoms with van der Waals surface area (Å²) < 4.78 is 0. The van der Waals surface area contributed by atoms with Gasteiger partial charge in [-0.25, -0.2) is 0 Å². The van der Waals surface area contributed by atoms with Crippen molar-refractivity contribution in [1.82, 2.24) is 4.90 Å². The minimum atomic E-state index is -0.170. The maximum absolute atomic E-state index is 12.5. The Kier molecular flexibility index (Phi) is 7.70. The molecule has 0 unspecified atom stereocenters. The lowest BCUT2D eigenvalue weighted by Crippen LogP contribution is -2.40. The number of rotatable bonds is 5. The Labute approximate surface area is 150 Å². The van der Waals surface area contributed by atoms with Crippen LogP contribution in [0.5, 0.6) is 0 Å². The molecule has 1 fully saturated rings. The van der Waals surface area contributed by atoms with Crippen LogP contribution in [0.25, 0.3) is 0 Å². The monoisotopic (exact) mass is 353 g/mol. The van der Waals surface area contributed by atoms with Crippen LogP contribution in [0.3, 0.4) is 0 Å². The molecule has 0 bridgehead atoms. The lowest BCUT2D eigenvalue weighted by molar-refractivity contribution is -0.137. The van der Waals surface area contributed by atoms with E-state index in [4.69, 9.17) is 5.73 Å². The van der Waals surface area contributed by atoms with Gasteiger partial charge < -0.3 is 16.0 Å². The molecule has 0 heterocycles. The van der Waals surface area contributed by atoms with E-state index < -0.39 is 0 Å².